The highest BCUT2D eigenvalue weighted by atomic mass is 35.5. The Bertz CT molecular complexity index is 487. The molecule has 136 valence electrons. The molecule has 0 saturated carbocycles. The number of hydrogen-bond donors (Lipinski definition) is 1. The molecule has 24 heavy (non-hydrogen) atoms. The third-order valence-corrected chi connectivity index (χ3v) is 4.78. The van der Waals surface area contributed by atoms with E-state index in [1.54, 1.807) is 4.90 Å². The number of benzene rings is 1. The van der Waals surface area contributed by atoms with Crippen LogP contribution in [0.5, 0.6) is 5.75 Å². The van der Waals surface area contributed by atoms with Gasteiger partial charge in [-0.15, -0.1) is 12.4 Å². The topological polar surface area (TPSA) is 41.6 Å². The van der Waals surface area contributed by atoms with Gasteiger partial charge in [-0.25, -0.2) is 0 Å². The molecule has 1 aliphatic rings. The zero-order valence-corrected chi connectivity index (χ0v) is 15.9. The third kappa shape index (κ3) is 6.70. The van der Waals surface area contributed by atoms with Crippen LogP contribution < -0.4 is 10.1 Å². The monoisotopic (exact) mass is 354 g/mol. The first-order valence-corrected chi connectivity index (χ1v) is 8.70. The molecule has 1 aromatic carbocycles. The average Bonchev–Trinajstić information content (AvgIpc) is 2.57. The number of hydrogen-bond acceptors (Lipinski definition) is 3. The maximum absolute atomic E-state index is 12.3. The number of rotatable bonds is 7. The number of carbonyl (C=O) groups excluding carboxylic acids is 1. The Morgan fingerprint density at radius 2 is 2.08 bits per heavy atom. The SMILES string of the molecule is Cc1ccc(OCCN(C)C(=O)CC(C)C2CCCNC2)cc1.Cl. The van der Waals surface area contributed by atoms with Crippen molar-refractivity contribution in [3.8, 4) is 5.75 Å². The fourth-order valence-corrected chi connectivity index (χ4v) is 3.02. The number of amides is 1. The van der Waals surface area contributed by atoms with Crippen LogP contribution >= 0.6 is 12.4 Å². The summed E-state index contributed by atoms with van der Waals surface area (Å²) in [6, 6.07) is 8.00. The van der Waals surface area contributed by atoms with Gasteiger partial charge in [0.25, 0.3) is 0 Å². The van der Waals surface area contributed by atoms with E-state index in [1.807, 2.05) is 31.3 Å². The first kappa shape index (κ1) is 20.8. The standard InChI is InChI=1S/C19H30N2O2.ClH/c1-15-6-8-18(9-7-15)23-12-11-21(3)19(22)13-16(2)17-5-4-10-20-14-17;/h6-9,16-17,20H,4-5,10-14H2,1-3H3;1H. The van der Waals surface area contributed by atoms with Crippen LogP contribution in [0, 0.1) is 18.8 Å². The molecule has 0 aromatic heterocycles. The first-order chi connectivity index (χ1) is 11.1. The van der Waals surface area contributed by atoms with Crippen molar-refractivity contribution in [1.29, 1.82) is 0 Å². The van der Waals surface area contributed by atoms with E-state index in [4.69, 9.17) is 4.74 Å². The molecule has 0 bridgehead atoms. The largest absolute Gasteiger partial charge is 0.492 e. The summed E-state index contributed by atoms with van der Waals surface area (Å²) in [5.74, 6) is 2.15. The number of nitrogens with zero attached hydrogens (tertiary/aromatic N) is 1. The van der Waals surface area contributed by atoms with E-state index < -0.39 is 0 Å². The minimum absolute atomic E-state index is 0. The Morgan fingerprint density at radius 3 is 2.71 bits per heavy atom. The minimum atomic E-state index is 0. The first-order valence-electron chi connectivity index (χ1n) is 8.70. The Labute approximate surface area is 152 Å². The number of likely N-dealkylation sites (N-methyl/N-ethyl adjacent to an activating group) is 1. The maximum atomic E-state index is 12.3. The highest BCUT2D eigenvalue weighted by Gasteiger charge is 2.23. The van der Waals surface area contributed by atoms with Crippen molar-refractivity contribution in [3.63, 3.8) is 0 Å². The van der Waals surface area contributed by atoms with Gasteiger partial charge in [-0.05, 0) is 56.8 Å². The van der Waals surface area contributed by atoms with E-state index in [1.165, 1.54) is 18.4 Å². The molecule has 1 fully saturated rings. The highest BCUT2D eigenvalue weighted by Crippen LogP contribution is 2.23. The average molecular weight is 355 g/mol. The van der Waals surface area contributed by atoms with Gasteiger partial charge in [0.2, 0.25) is 5.91 Å². The van der Waals surface area contributed by atoms with Gasteiger partial charge in [-0.3, -0.25) is 4.79 Å². The van der Waals surface area contributed by atoms with Gasteiger partial charge < -0.3 is 15.0 Å². The molecule has 0 spiro atoms. The smallest absolute Gasteiger partial charge is 0.222 e. The van der Waals surface area contributed by atoms with Gasteiger partial charge in [0.05, 0.1) is 6.54 Å². The van der Waals surface area contributed by atoms with Crippen molar-refractivity contribution in [2.24, 2.45) is 11.8 Å². The van der Waals surface area contributed by atoms with Crippen molar-refractivity contribution < 1.29 is 9.53 Å². The molecule has 2 unspecified atom stereocenters. The number of ether oxygens (including phenoxy) is 1. The van der Waals surface area contributed by atoms with Gasteiger partial charge in [-0.2, -0.15) is 0 Å². The van der Waals surface area contributed by atoms with Gasteiger partial charge in [0.1, 0.15) is 12.4 Å². The molecule has 1 aromatic rings. The zero-order chi connectivity index (χ0) is 16.7. The molecule has 1 N–H and O–H groups in total. The normalized spacial score (nSPS) is 18.4. The van der Waals surface area contributed by atoms with Crippen molar-refractivity contribution in [3.05, 3.63) is 29.8 Å². The molecule has 1 saturated heterocycles. The molecule has 4 nitrogen and oxygen atoms in total. The van der Waals surface area contributed by atoms with E-state index in [9.17, 15) is 4.79 Å². The third-order valence-electron chi connectivity index (χ3n) is 4.78. The van der Waals surface area contributed by atoms with Crippen LogP contribution in [0.3, 0.4) is 0 Å². The lowest BCUT2D eigenvalue weighted by molar-refractivity contribution is -0.131. The van der Waals surface area contributed by atoms with Crippen LogP contribution in [0.25, 0.3) is 0 Å². The Morgan fingerprint density at radius 1 is 1.38 bits per heavy atom. The van der Waals surface area contributed by atoms with Crippen LogP contribution in [0.4, 0.5) is 0 Å². The van der Waals surface area contributed by atoms with E-state index in [2.05, 4.69) is 19.2 Å². The van der Waals surface area contributed by atoms with Gasteiger partial charge in [0, 0.05) is 13.5 Å². The van der Waals surface area contributed by atoms with E-state index in [0.29, 0.717) is 31.4 Å². The number of aryl methyl sites for hydroxylation is 1. The van der Waals surface area contributed by atoms with E-state index >= 15 is 0 Å². The summed E-state index contributed by atoms with van der Waals surface area (Å²) >= 11 is 0. The summed E-state index contributed by atoms with van der Waals surface area (Å²) in [6.07, 6.45) is 3.10. The number of piperidine rings is 1. The van der Waals surface area contributed by atoms with Gasteiger partial charge in [-0.1, -0.05) is 24.6 Å². The lowest BCUT2D eigenvalue weighted by Gasteiger charge is -2.29. The number of halogens is 1. The van der Waals surface area contributed by atoms with E-state index in [-0.39, 0.29) is 18.3 Å². The predicted molar refractivity (Wildman–Crippen MR) is 101 cm³/mol. The Balaban J connectivity index is 0.00000288. The molecule has 1 aliphatic heterocycles. The van der Waals surface area contributed by atoms with Gasteiger partial charge in [0.15, 0.2) is 0 Å². The minimum Gasteiger partial charge on any atom is -0.492 e. The second kappa shape index (κ2) is 10.6. The second-order valence-electron chi connectivity index (χ2n) is 6.76. The zero-order valence-electron chi connectivity index (χ0n) is 15.1. The van der Waals surface area contributed by atoms with Crippen molar-refractivity contribution >= 4 is 18.3 Å². The maximum Gasteiger partial charge on any atom is 0.222 e. The van der Waals surface area contributed by atoms with Crippen LogP contribution in [-0.4, -0.2) is 44.1 Å². The summed E-state index contributed by atoms with van der Waals surface area (Å²) in [7, 11) is 1.87. The van der Waals surface area contributed by atoms with Crippen molar-refractivity contribution in [1.82, 2.24) is 10.2 Å². The van der Waals surface area contributed by atoms with Crippen LogP contribution in [0.2, 0.25) is 0 Å². The Hall–Kier alpha value is -1.26. The molecule has 1 amide bonds. The second-order valence-corrected chi connectivity index (χ2v) is 6.76. The molecule has 2 atom stereocenters. The molecule has 2 rings (SSSR count). The molecule has 0 aliphatic carbocycles. The molecule has 5 heteroatoms. The van der Waals surface area contributed by atoms with Crippen LogP contribution in [-0.2, 0) is 4.79 Å². The Kier molecular flexibility index (Phi) is 9.16. The quantitative estimate of drug-likeness (QED) is 0.817. The predicted octanol–water partition coefficient (Wildman–Crippen LogP) is 3.28. The van der Waals surface area contributed by atoms with Crippen molar-refractivity contribution in [2.45, 2.75) is 33.1 Å². The molecule has 0 radical (unpaired) electrons. The summed E-state index contributed by atoms with van der Waals surface area (Å²) in [6.45, 7) is 7.58. The summed E-state index contributed by atoms with van der Waals surface area (Å²) < 4.78 is 5.70. The molecule has 1 heterocycles. The lowest BCUT2D eigenvalue weighted by Crippen LogP contribution is -2.37. The lowest BCUT2D eigenvalue weighted by atomic mass is 9.85. The molecular weight excluding hydrogens is 324 g/mol. The van der Waals surface area contributed by atoms with Crippen LogP contribution in [0.1, 0.15) is 31.7 Å². The van der Waals surface area contributed by atoms with Crippen molar-refractivity contribution in [2.75, 3.05) is 33.3 Å². The summed E-state index contributed by atoms with van der Waals surface area (Å²) in [5.41, 5.74) is 1.22. The highest BCUT2D eigenvalue weighted by molar-refractivity contribution is 5.85. The summed E-state index contributed by atoms with van der Waals surface area (Å²) in [5, 5.41) is 3.43. The fourth-order valence-electron chi connectivity index (χ4n) is 3.02. The molecular formula is C19H31ClN2O2. The number of carbonyl (C=O) groups is 1. The van der Waals surface area contributed by atoms with E-state index in [0.717, 1.165) is 18.8 Å². The fraction of sp³-hybridized carbons (Fsp3) is 0.632. The summed E-state index contributed by atoms with van der Waals surface area (Å²) in [4.78, 5) is 14.1. The number of nitrogens with one attached hydrogen (secondary N) is 1. The van der Waals surface area contributed by atoms with Crippen LogP contribution in [0.15, 0.2) is 24.3 Å². The van der Waals surface area contributed by atoms with Gasteiger partial charge >= 0.3 is 0 Å².